The molecule has 0 radical (unpaired) electrons. The van der Waals surface area contributed by atoms with Gasteiger partial charge in [0.1, 0.15) is 11.5 Å². The van der Waals surface area contributed by atoms with Crippen LogP contribution in [0.15, 0.2) is 45.9 Å². The molecule has 1 aliphatic rings. The second-order valence-corrected chi connectivity index (χ2v) is 5.81. The summed E-state index contributed by atoms with van der Waals surface area (Å²) >= 11 is 5.04. The van der Waals surface area contributed by atoms with Crippen molar-refractivity contribution in [1.29, 1.82) is 0 Å². The predicted octanol–water partition coefficient (Wildman–Crippen LogP) is 3.93. The third-order valence-electron chi connectivity index (χ3n) is 3.37. The van der Waals surface area contributed by atoms with E-state index in [1.807, 2.05) is 0 Å². The van der Waals surface area contributed by atoms with Crippen LogP contribution >= 0.6 is 12.2 Å². The molecule has 1 fully saturated rings. The van der Waals surface area contributed by atoms with Crippen molar-refractivity contribution in [2.45, 2.75) is 25.1 Å². The molecule has 2 aromatic rings. The Hall–Kier alpha value is -2.35. The summed E-state index contributed by atoms with van der Waals surface area (Å²) in [5.74, 6) is 0.741. The van der Waals surface area contributed by atoms with E-state index < -0.39 is 11.7 Å². The fraction of sp³-hybridized carbons (Fsp3) is 0.250. The van der Waals surface area contributed by atoms with Gasteiger partial charge in [-0.15, -0.1) is 0 Å². The number of nitrogens with one attached hydrogen (secondary N) is 2. The monoisotopic (exact) mass is 353 g/mol. The van der Waals surface area contributed by atoms with Crippen molar-refractivity contribution in [1.82, 2.24) is 10.7 Å². The number of hydrogen-bond acceptors (Lipinski definition) is 3. The zero-order chi connectivity index (χ0) is 17.2. The molecule has 4 nitrogen and oxygen atoms in total. The number of hydrazone groups is 1. The number of thiocarbonyl (C=S) groups is 1. The molecule has 1 aromatic carbocycles. The molecule has 0 atom stereocenters. The van der Waals surface area contributed by atoms with Crippen molar-refractivity contribution in [3.05, 3.63) is 47.7 Å². The molecule has 1 heterocycles. The van der Waals surface area contributed by atoms with Gasteiger partial charge in [-0.25, -0.2) is 0 Å². The summed E-state index contributed by atoms with van der Waals surface area (Å²) in [7, 11) is 0. The number of alkyl halides is 3. The van der Waals surface area contributed by atoms with E-state index in [0.717, 1.165) is 25.0 Å². The highest BCUT2D eigenvalue weighted by Gasteiger charge is 2.30. The van der Waals surface area contributed by atoms with Gasteiger partial charge < -0.3 is 9.73 Å². The van der Waals surface area contributed by atoms with E-state index in [9.17, 15) is 13.2 Å². The van der Waals surface area contributed by atoms with Crippen molar-refractivity contribution in [2.24, 2.45) is 5.10 Å². The van der Waals surface area contributed by atoms with Crippen LogP contribution in [0.25, 0.3) is 11.3 Å². The summed E-state index contributed by atoms with van der Waals surface area (Å²) in [5.41, 5.74) is 2.29. The summed E-state index contributed by atoms with van der Waals surface area (Å²) in [4.78, 5) is 0. The Balaban J connectivity index is 1.65. The van der Waals surface area contributed by atoms with Gasteiger partial charge in [-0.3, -0.25) is 5.43 Å². The Morgan fingerprint density at radius 2 is 2.04 bits per heavy atom. The molecule has 0 bridgehead atoms. The average Bonchev–Trinajstić information content (AvgIpc) is 3.21. The van der Waals surface area contributed by atoms with Crippen LogP contribution in [0.2, 0.25) is 0 Å². The molecular formula is C16H14F3N3OS. The lowest BCUT2D eigenvalue weighted by atomic mass is 10.1. The van der Waals surface area contributed by atoms with E-state index in [0.29, 0.717) is 28.2 Å². The lowest BCUT2D eigenvalue weighted by Crippen LogP contribution is -2.33. The molecule has 0 unspecified atom stereocenters. The van der Waals surface area contributed by atoms with Crippen LogP contribution in [-0.2, 0) is 6.18 Å². The lowest BCUT2D eigenvalue weighted by molar-refractivity contribution is -0.137. The van der Waals surface area contributed by atoms with Crippen LogP contribution in [0, 0.1) is 0 Å². The Bertz CT molecular complexity index is 766. The van der Waals surface area contributed by atoms with Crippen LogP contribution < -0.4 is 10.7 Å². The Labute approximate surface area is 141 Å². The molecule has 3 rings (SSSR count). The SMILES string of the molecule is FC(F)(F)c1cccc(-c2ccc(C=NNC(=S)NC3CC3)o2)c1. The van der Waals surface area contributed by atoms with Crippen LogP contribution in [0.1, 0.15) is 24.2 Å². The summed E-state index contributed by atoms with van der Waals surface area (Å²) in [6, 6.07) is 8.62. The van der Waals surface area contributed by atoms with Crippen LogP contribution in [0.5, 0.6) is 0 Å². The predicted molar refractivity (Wildman–Crippen MR) is 88.6 cm³/mol. The van der Waals surface area contributed by atoms with Gasteiger partial charge in [0, 0.05) is 11.6 Å². The van der Waals surface area contributed by atoms with Gasteiger partial charge in [0.05, 0.1) is 11.8 Å². The number of rotatable bonds is 4. The normalized spacial score (nSPS) is 14.8. The van der Waals surface area contributed by atoms with Crippen molar-refractivity contribution in [2.75, 3.05) is 0 Å². The fourth-order valence-electron chi connectivity index (χ4n) is 2.03. The Kier molecular flexibility index (Phi) is 4.57. The first kappa shape index (κ1) is 16.5. The topological polar surface area (TPSA) is 49.6 Å². The molecule has 126 valence electrons. The van der Waals surface area contributed by atoms with Gasteiger partial charge in [-0.05, 0) is 49.3 Å². The first-order chi connectivity index (χ1) is 11.4. The summed E-state index contributed by atoms with van der Waals surface area (Å²) in [6.07, 6.45) is -0.771. The number of furan rings is 1. The van der Waals surface area contributed by atoms with E-state index in [-0.39, 0.29) is 0 Å². The molecule has 0 amide bonds. The molecule has 8 heteroatoms. The third-order valence-corrected chi connectivity index (χ3v) is 3.58. The van der Waals surface area contributed by atoms with E-state index in [4.69, 9.17) is 16.6 Å². The number of benzene rings is 1. The van der Waals surface area contributed by atoms with Crippen molar-refractivity contribution >= 4 is 23.5 Å². The highest BCUT2D eigenvalue weighted by atomic mass is 32.1. The van der Waals surface area contributed by atoms with Gasteiger partial charge >= 0.3 is 6.18 Å². The highest BCUT2D eigenvalue weighted by Crippen LogP contribution is 2.32. The third kappa shape index (κ3) is 4.35. The van der Waals surface area contributed by atoms with Gasteiger partial charge in [0.25, 0.3) is 0 Å². The maximum atomic E-state index is 12.7. The highest BCUT2D eigenvalue weighted by molar-refractivity contribution is 7.80. The van der Waals surface area contributed by atoms with Crippen LogP contribution in [0.4, 0.5) is 13.2 Å². The zero-order valence-corrected chi connectivity index (χ0v) is 13.2. The average molecular weight is 353 g/mol. The van der Waals surface area contributed by atoms with Gasteiger partial charge in [-0.1, -0.05) is 12.1 Å². The second kappa shape index (κ2) is 6.64. The van der Waals surface area contributed by atoms with Crippen molar-refractivity contribution in [3.63, 3.8) is 0 Å². The van der Waals surface area contributed by atoms with Crippen LogP contribution in [-0.4, -0.2) is 17.4 Å². The first-order valence-corrected chi connectivity index (χ1v) is 7.70. The van der Waals surface area contributed by atoms with Gasteiger partial charge in [0.15, 0.2) is 5.11 Å². The standard InChI is InChI=1S/C16H14F3N3OS/c17-16(18,19)11-3-1-2-10(8-11)14-7-6-13(23-14)9-20-22-15(24)21-12-4-5-12/h1-3,6-9,12H,4-5H2,(H2,21,22,24). The molecule has 1 aliphatic carbocycles. The quantitative estimate of drug-likeness (QED) is 0.497. The summed E-state index contributed by atoms with van der Waals surface area (Å²) < 4.78 is 43.7. The largest absolute Gasteiger partial charge is 0.455 e. The lowest BCUT2D eigenvalue weighted by Gasteiger charge is -2.07. The van der Waals surface area contributed by atoms with E-state index >= 15 is 0 Å². The minimum atomic E-state index is -4.39. The fourth-order valence-corrected chi connectivity index (χ4v) is 2.25. The van der Waals surface area contributed by atoms with E-state index in [1.165, 1.54) is 12.3 Å². The Morgan fingerprint density at radius 3 is 2.75 bits per heavy atom. The molecule has 0 aliphatic heterocycles. The van der Waals surface area contributed by atoms with Crippen molar-refractivity contribution < 1.29 is 17.6 Å². The molecule has 0 spiro atoms. The molecule has 1 aromatic heterocycles. The molecule has 2 N–H and O–H groups in total. The van der Waals surface area contributed by atoms with Gasteiger partial charge in [0.2, 0.25) is 0 Å². The summed E-state index contributed by atoms with van der Waals surface area (Å²) in [6.45, 7) is 0. The first-order valence-electron chi connectivity index (χ1n) is 7.29. The number of nitrogens with zero attached hydrogens (tertiary/aromatic N) is 1. The Morgan fingerprint density at radius 1 is 1.25 bits per heavy atom. The molecule has 0 saturated heterocycles. The minimum Gasteiger partial charge on any atom is -0.455 e. The number of halogens is 3. The van der Waals surface area contributed by atoms with Crippen LogP contribution in [0.3, 0.4) is 0 Å². The maximum absolute atomic E-state index is 12.7. The second-order valence-electron chi connectivity index (χ2n) is 5.40. The minimum absolute atomic E-state index is 0.334. The van der Waals surface area contributed by atoms with Crippen molar-refractivity contribution in [3.8, 4) is 11.3 Å². The molecule has 24 heavy (non-hydrogen) atoms. The zero-order valence-electron chi connectivity index (χ0n) is 12.4. The molecular weight excluding hydrogens is 339 g/mol. The van der Waals surface area contributed by atoms with E-state index in [1.54, 1.807) is 18.2 Å². The molecule has 1 saturated carbocycles. The van der Waals surface area contributed by atoms with E-state index in [2.05, 4.69) is 15.8 Å². The van der Waals surface area contributed by atoms with Gasteiger partial charge in [-0.2, -0.15) is 18.3 Å². The number of hydrogen-bond donors (Lipinski definition) is 2. The summed E-state index contributed by atoms with van der Waals surface area (Å²) in [5, 5.41) is 7.42. The maximum Gasteiger partial charge on any atom is 0.416 e. The smallest absolute Gasteiger partial charge is 0.416 e.